The molecule has 6 heteroatoms. The molecule has 2 heterocycles. The molecule has 4 nitrogen and oxygen atoms in total. The fourth-order valence-electron chi connectivity index (χ4n) is 2.70. The van der Waals surface area contributed by atoms with E-state index in [-0.39, 0.29) is 10.0 Å². The minimum Gasteiger partial charge on any atom is -0.244 e. The molecule has 1 saturated heterocycles. The normalized spacial score (nSPS) is 21.9. The zero-order valence-electron chi connectivity index (χ0n) is 11.9. The van der Waals surface area contributed by atoms with Gasteiger partial charge in [0.25, 0.3) is 0 Å². The van der Waals surface area contributed by atoms with E-state index < -0.39 is 10.0 Å². The monoisotopic (exact) mass is 316 g/mol. The van der Waals surface area contributed by atoms with Gasteiger partial charge >= 0.3 is 0 Å². The number of pyridine rings is 1. The van der Waals surface area contributed by atoms with E-state index >= 15 is 0 Å². The Bertz CT molecular complexity index is 560. The van der Waals surface area contributed by atoms with Crippen LogP contribution in [0.2, 0.25) is 5.15 Å². The van der Waals surface area contributed by atoms with Crippen molar-refractivity contribution in [2.75, 3.05) is 13.1 Å². The zero-order chi connectivity index (χ0) is 14.8. The summed E-state index contributed by atoms with van der Waals surface area (Å²) in [6, 6.07) is 2.92. The summed E-state index contributed by atoms with van der Waals surface area (Å²) < 4.78 is 26.8. The highest BCUT2D eigenvalue weighted by Crippen LogP contribution is 2.27. The largest absolute Gasteiger partial charge is 0.244 e. The maximum absolute atomic E-state index is 12.6. The number of sulfonamides is 1. The van der Waals surface area contributed by atoms with Crippen molar-refractivity contribution in [1.29, 1.82) is 0 Å². The van der Waals surface area contributed by atoms with Crippen molar-refractivity contribution in [2.45, 2.75) is 38.0 Å². The molecular weight excluding hydrogens is 296 g/mol. The van der Waals surface area contributed by atoms with E-state index in [4.69, 9.17) is 11.6 Å². The molecular formula is C14H21ClN2O2S. The van der Waals surface area contributed by atoms with Crippen molar-refractivity contribution in [3.63, 3.8) is 0 Å². The van der Waals surface area contributed by atoms with Crippen molar-refractivity contribution in [3.05, 3.63) is 23.5 Å². The van der Waals surface area contributed by atoms with Gasteiger partial charge in [0, 0.05) is 19.3 Å². The van der Waals surface area contributed by atoms with Crippen LogP contribution < -0.4 is 0 Å². The lowest BCUT2D eigenvalue weighted by Gasteiger charge is -2.21. The average molecular weight is 317 g/mol. The van der Waals surface area contributed by atoms with E-state index in [1.807, 2.05) is 0 Å². The van der Waals surface area contributed by atoms with Gasteiger partial charge in [0.1, 0.15) is 5.15 Å². The van der Waals surface area contributed by atoms with Gasteiger partial charge < -0.3 is 0 Å². The fraction of sp³-hybridized carbons (Fsp3) is 0.643. The Hall–Kier alpha value is -0.650. The van der Waals surface area contributed by atoms with Crippen LogP contribution in [0.1, 0.15) is 33.1 Å². The van der Waals surface area contributed by atoms with Crippen molar-refractivity contribution in [2.24, 2.45) is 11.8 Å². The van der Waals surface area contributed by atoms with E-state index in [1.165, 1.54) is 18.3 Å². The highest BCUT2D eigenvalue weighted by molar-refractivity contribution is 7.89. The minimum atomic E-state index is -3.45. The second-order valence-corrected chi connectivity index (χ2v) is 7.98. The highest BCUT2D eigenvalue weighted by atomic mass is 35.5. The van der Waals surface area contributed by atoms with Gasteiger partial charge in [-0.3, -0.25) is 0 Å². The molecule has 1 aliphatic rings. The van der Waals surface area contributed by atoms with Crippen molar-refractivity contribution in [3.8, 4) is 0 Å². The van der Waals surface area contributed by atoms with Crippen LogP contribution in [0.4, 0.5) is 0 Å². The molecule has 0 aromatic carbocycles. The summed E-state index contributed by atoms with van der Waals surface area (Å²) in [5.74, 6) is 1.21. The van der Waals surface area contributed by atoms with E-state index in [1.54, 1.807) is 4.31 Å². The number of rotatable bonds is 3. The zero-order valence-corrected chi connectivity index (χ0v) is 13.5. The van der Waals surface area contributed by atoms with Crippen LogP contribution >= 0.6 is 11.6 Å². The second-order valence-electron chi connectivity index (χ2n) is 5.65. The van der Waals surface area contributed by atoms with E-state index in [0.717, 1.165) is 19.3 Å². The van der Waals surface area contributed by atoms with Gasteiger partial charge in [0.05, 0.1) is 4.90 Å². The third-order valence-corrected chi connectivity index (χ3v) is 6.11. The lowest BCUT2D eigenvalue weighted by molar-refractivity contribution is 0.341. The number of aromatic nitrogens is 1. The molecule has 1 aromatic rings. The highest BCUT2D eigenvalue weighted by Gasteiger charge is 2.28. The molecule has 0 amide bonds. The number of nitrogens with zero attached hydrogens (tertiary/aromatic N) is 2. The van der Waals surface area contributed by atoms with Gasteiger partial charge in [-0.15, -0.1) is 0 Å². The van der Waals surface area contributed by atoms with Crippen LogP contribution in [-0.4, -0.2) is 30.8 Å². The van der Waals surface area contributed by atoms with Gasteiger partial charge in [-0.1, -0.05) is 25.4 Å². The molecule has 1 aromatic heterocycles. The summed E-state index contributed by atoms with van der Waals surface area (Å²) in [5.41, 5.74) is 0. The van der Waals surface area contributed by atoms with Gasteiger partial charge in [0.2, 0.25) is 10.0 Å². The first kappa shape index (κ1) is 15.7. The molecule has 20 heavy (non-hydrogen) atoms. The lowest BCUT2D eigenvalue weighted by Crippen LogP contribution is -2.32. The van der Waals surface area contributed by atoms with Crippen LogP contribution in [0.15, 0.2) is 23.2 Å². The molecule has 0 radical (unpaired) electrons. The molecule has 0 aliphatic carbocycles. The van der Waals surface area contributed by atoms with Crippen LogP contribution in [0, 0.1) is 11.8 Å². The first-order valence-corrected chi connectivity index (χ1v) is 8.85. The van der Waals surface area contributed by atoms with Crippen LogP contribution in [0.3, 0.4) is 0 Å². The van der Waals surface area contributed by atoms with E-state index in [0.29, 0.717) is 24.9 Å². The Kier molecular flexibility index (Phi) is 5.04. The standard InChI is InChI=1S/C14H21ClN2O2S/c1-11(2)12-4-3-8-17(9-6-12)20(18,19)13-5-7-16-14(15)10-13/h5,7,10-12H,3-4,6,8-9H2,1-2H3. The molecule has 0 N–H and O–H groups in total. The number of hydrogen-bond acceptors (Lipinski definition) is 3. The van der Waals surface area contributed by atoms with Gasteiger partial charge in [-0.05, 0) is 43.2 Å². The van der Waals surface area contributed by atoms with Crippen LogP contribution in [-0.2, 0) is 10.0 Å². The molecule has 1 unspecified atom stereocenters. The van der Waals surface area contributed by atoms with Gasteiger partial charge in [0.15, 0.2) is 0 Å². The molecule has 0 spiro atoms. The Morgan fingerprint density at radius 2 is 2.10 bits per heavy atom. The third-order valence-electron chi connectivity index (χ3n) is 4.01. The number of hydrogen-bond donors (Lipinski definition) is 0. The van der Waals surface area contributed by atoms with Gasteiger partial charge in [-0.25, -0.2) is 13.4 Å². The summed E-state index contributed by atoms with van der Waals surface area (Å²) in [5, 5.41) is 0.209. The molecule has 1 aliphatic heterocycles. The number of halogens is 1. The summed E-state index contributed by atoms with van der Waals surface area (Å²) in [6.07, 6.45) is 4.38. The quantitative estimate of drug-likeness (QED) is 0.805. The predicted octanol–water partition coefficient (Wildman–Crippen LogP) is 3.18. The maximum atomic E-state index is 12.6. The van der Waals surface area contributed by atoms with Crippen molar-refractivity contribution in [1.82, 2.24) is 9.29 Å². The van der Waals surface area contributed by atoms with Crippen molar-refractivity contribution < 1.29 is 8.42 Å². The lowest BCUT2D eigenvalue weighted by atomic mass is 9.89. The van der Waals surface area contributed by atoms with Crippen LogP contribution in [0.5, 0.6) is 0 Å². The molecule has 0 bridgehead atoms. The molecule has 112 valence electrons. The van der Waals surface area contributed by atoms with E-state index in [9.17, 15) is 8.42 Å². The Morgan fingerprint density at radius 3 is 2.75 bits per heavy atom. The van der Waals surface area contributed by atoms with Crippen molar-refractivity contribution >= 4 is 21.6 Å². The Morgan fingerprint density at radius 1 is 1.35 bits per heavy atom. The average Bonchev–Trinajstić information content (AvgIpc) is 2.64. The molecule has 0 saturated carbocycles. The third kappa shape index (κ3) is 3.51. The Labute approximate surface area is 126 Å². The summed E-state index contributed by atoms with van der Waals surface area (Å²) in [7, 11) is -3.45. The topological polar surface area (TPSA) is 50.3 Å². The first-order chi connectivity index (χ1) is 9.41. The minimum absolute atomic E-state index is 0.209. The summed E-state index contributed by atoms with van der Waals surface area (Å²) in [4.78, 5) is 4.07. The SMILES string of the molecule is CC(C)C1CCCN(S(=O)(=O)c2ccnc(Cl)c2)CC1. The van der Waals surface area contributed by atoms with Crippen LogP contribution in [0.25, 0.3) is 0 Å². The van der Waals surface area contributed by atoms with Gasteiger partial charge in [-0.2, -0.15) is 4.31 Å². The second kappa shape index (κ2) is 6.41. The molecule has 2 rings (SSSR count). The fourth-order valence-corrected chi connectivity index (χ4v) is 4.44. The van der Waals surface area contributed by atoms with E-state index in [2.05, 4.69) is 18.8 Å². The summed E-state index contributed by atoms with van der Waals surface area (Å²) in [6.45, 7) is 5.59. The maximum Gasteiger partial charge on any atom is 0.243 e. The Balaban J connectivity index is 2.18. The first-order valence-electron chi connectivity index (χ1n) is 7.03. The predicted molar refractivity (Wildman–Crippen MR) is 80.2 cm³/mol. The smallest absolute Gasteiger partial charge is 0.243 e. The molecule has 1 fully saturated rings. The summed E-state index contributed by atoms with van der Waals surface area (Å²) >= 11 is 5.79. The molecule has 1 atom stereocenters.